The third-order valence-electron chi connectivity index (χ3n) is 5.05. The summed E-state index contributed by atoms with van der Waals surface area (Å²) in [4.78, 5) is 17.9. The Morgan fingerprint density at radius 2 is 2.07 bits per heavy atom. The molecule has 4 nitrogen and oxygen atoms in total. The van der Waals surface area contributed by atoms with Crippen molar-refractivity contribution in [2.45, 2.75) is 39.4 Å². The SMILES string of the molecule is CC1CCCN(Cc2ccccc2CNC(=O)N(C)Cc2ccc(Br)s2)C1. The molecule has 6 heteroatoms. The Balaban J connectivity index is 1.55. The van der Waals surface area contributed by atoms with Gasteiger partial charge < -0.3 is 10.2 Å². The smallest absolute Gasteiger partial charge is 0.317 e. The highest BCUT2D eigenvalue weighted by atomic mass is 79.9. The first kappa shape index (κ1) is 20.4. The van der Waals surface area contributed by atoms with Crippen LogP contribution in [0.5, 0.6) is 0 Å². The van der Waals surface area contributed by atoms with Crippen molar-refractivity contribution >= 4 is 33.3 Å². The summed E-state index contributed by atoms with van der Waals surface area (Å²) in [6.07, 6.45) is 2.62. The molecule has 0 bridgehead atoms. The van der Waals surface area contributed by atoms with Gasteiger partial charge in [0.2, 0.25) is 0 Å². The number of halogens is 1. The van der Waals surface area contributed by atoms with Crippen LogP contribution in [0.15, 0.2) is 40.2 Å². The number of carbonyl (C=O) groups excluding carboxylic acids is 1. The van der Waals surface area contributed by atoms with Gasteiger partial charge in [-0.05, 0) is 64.5 Å². The molecular formula is C21H28BrN3OS. The quantitative estimate of drug-likeness (QED) is 0.666. The van der Waals surface area contributed by atoms with Crippen molar-refractivity contribution in [3.8, 4) is 0 Å². The Hall–Kier alpha value is -1.37. The van der Waals surface area contributed by atoms with Crippen LogP contribution in [0.2, 0.25) is 0 Å². The fourth-order valence-electron chi connectivity index (χ4n) is 3.60. The zero-order valence-electron chi connectivity index (χ0n) is 16.1. The highest BCUT2D eigenvalue weighted by molar-refractivity contribution is 9.11. The highest BCUT2D eigenvalue weighted by Crippen LogP contribution is 2.23. The average molecular weight is 450 g/mol. The highest BCUT2D eigenvalue weighted by Gasteiger charge is 2.17. The van der Waals surface area contributed by atoms with E-state index >= 15 is 0 Å². The van der Waals surface area contributed by atoms with E-state index in [1.54, 1.807) is 16.2 Å². The van der Waals surface area contributed by atoms with Crippen molar-refractivity contribution in [3.63, 3.8) is 0 Å². The molecule has 1 N–H and O–H groups in total. The summed E-state index contributed by atoms with van der Waals surface area (Å²) < 4.78 is 1.09. The minimum atomic E-state index is -0.0408. The molecule has 1 aliphatic heterocycles. The van der Waals surface area contributed by atoms with Crippen LogP contribution in [0.4, 0.5) is 4.79 Å². The summed E-state index contributed by atoms with van der Waals surface area (Å²) in [5.41, 5.74) is 2.52. The standard InChI is InChI=1S/C21H28BrN3OS/c1-16-6-5-11-25(13-16)14-18-8-4-3-7-17(18)12-23-21(26)24(2)15-19-9-10-20(22)27-19/h3-4,7-10,16H,5-6,11-15H2,1-2H3,(H,23,26). The van der Waals surface area contributed by atoms with Crippen LogP contribution in [0, 0.1) is 5.92 Å². The second-order valence-electron chi connectivity index (χ2n) is 7.47. The minimum Gasteiger partial charge on any atom is -0.334 e. The number of benzene rings is 1. The lowest BCUT2D eigenvalue weighted by Crippen LogP contribution is -2.37. The van der Waals surface area contributed by atoms with Crippen molar-refractivity contribution in [2.75, 3.05) is 20.1 Å². The number of nitrogens with zero attached hydrogens (tertiary/aromatic N) is 2. The fourth-order valence-corrected chi connectivity index (χ4v) is 5.14. The normalized spacial score (nSPS) is 17.7. The van der Waals surface area contributed by atoms with Crippen molar-refractivity contribution in [3.05, 3.63) is 56.2 Å². The Morgan fingerprint density at radius 1 is 1.30 bits per heavy atom. The topological polar surface area (TPSA) is 35.6 Å². The maximum atomic E-state index is 12.5. The van der Waals surface area contributed by atoms with E-state index in [-0.39, 0.29) is 6.03 Å². The Bertz CT molecular complexity index is 763. The molecule has 1 aromatic heterocycles. The molecule has 0 radical (unpaired) electrons. The van der Waals surface area contributed by atoms with Gasteiger partial charge in [0.1, 0.15) is 0 Å². The first-order valence-corrected chi connectivity index (χ1v) is 11.1. The van der Waals surface area contributed by atoms with Gasteiger partial charge in [-0.25, -0.2) is 4.79 Å². The number of hydrogen-bond donors (Lipinski definition) is 1. The molecule has 3 rings (SSSR count). The summed E-state index contributed by atoms with van der Waals surface area (Å²) in [6.45, 7) is 6.83. The Kier molecular flexibility index (Phi) is 7.33. The molecule has 0 spiro atoms. The van der Waals surface area contributed by atoms with E-state index in [1.165, 1.54) is 41.9 Å². The lowest BCUT2D eigenvalue weighted by Gasteiger charge is -2.31. The van der Waals surface area contributed by atoms with Gasteiger partial charge in [0.15, 0.2) is 0 Å². The van der Waals surface area contributed by atoms with Gasteiger partial charge in [0.25, 0.3) is 0 Å². The number of hydrogen-bond acceptors (Lipinski definition) is 3. The lowest BCUT2D eigenvalue weighted by molar-refractivity contribution is 0.176. The zero-order valence-corrected chi connectivity index (χ0v) is 18.5. The largest absolute Gasteiger partial charge is 0.334 e. The van der Waals surface area contributed by atoms with Gasteiger partial charge in [-0.1, -0.05) is 31.2 Å². The second kappa shape index (κ2) is 9.71. The predicted octanol–water partition coefficient (Wildman–Crippen LogP) is 5.08. The number of urea groups is 1. The number of likely N-dealkylation sites (tertiary alicyclic amines) is 1. The van der Waals surface area contributed by atoms with Crippen LogP contribution in [-0.4, -0.2) is 36.0 Å². The number of piperidine rings is 1. The molecule has 1 aliphatic rings. The summed E-state index contributed by atoms with van der Waals surface area (Å²) in [6, 6.07) is 12.5. The third-order valence-corrected chi connectivity index (χ3v) is 6.66. The molecule has 27 heavy (non-hydrogen) atoms. The molecule has 2 aromatic rings. The van der Waals surface area contributed by atoms with E-state index in [0.717, 1.165) is 16.2 Å². The van der Waals surface area contributed by atoms with Gasteiger partial charge in [0, 0.05) is 31.6 Å². The minimum absolute atomic E-state index is 0.0408. The van der Waals surface area contributed by atoms with E-state index in [0.29, 0.717) is 13.1 Å². The zero-order chi connectivity index (χ0) is 19.2. The first-order valence-electron chi connectivity index (χ1n) is 9.53. The maximum absolute atomic E-state index is 12.5. The van der Waals surface area contributed by atoms with E-state index in [9.17, 15) is 4.79 Å². The van der Waals surface area contributed by atoms with Gasteiger partial charge in [-0.2, -0.15) is 0 Å². The monoisotopic (exact) mass is 449 g/mol. The van der Waals surface area contributed by atoms with Crippen LogP contribution in [0.3, 0.4) is 0 Å². The van der Waals surface area contributed by atoms with E-state index in [2.05, 4.69) is 57.3 Å². The van der Waals surface area contributed by atoms with Crippen molar-refractivity contribution in [2.24, 2.45) is 5.92 Å². The molecule has 1 aromatic carbocycles. The summed E-state index contributed by atoms with van der Waals surface area (Å²) in [7, 11) is 1.84. The van der Waals surface area contributed by atoms with Crippen LogP contribution >= 0.6 is 27.3 Å². The molecule has 2 amide bonds. The van der Waals surface area contributed by atoms with Gasteiger partial charge in [0.05, 0.1) is 10.3 Å². The average Bonchev–Trinajstić information content (AvgIpc) is 3.05. The van der Waals surface area contributed by atoms with Crippen LogP contribution in [0.25, 0.3) is 0 Å². The molecule has 0 saturated carbocycles. The number of rotatable bonds is 6. The first-order chi connectivity index (χ1) is 13.0. The second-order valence-corrected chi connectivity index (χ2v) is 10.0. The summed E-state index contributed by atoms with van der Waals surface area (Å²) in [5.74, 6) is 0.775. The Labute approximate surface area is 174 Å². The van der Waals surface area contributed by atoms with E-state index in [4.69, 9.17) is 0 Å². The molecule has 146 valence electrons. The molecule has 1 unspecified atom stereocenters. The van der Waals surface area contributed by atoms with E-state index in [1.807, 2.05) is 19.2 Å². The van der Waals surface area contributed by atoms with Gasteiger partial charge in [-0.3, -0.25) is 4.90 Å². The van der Waals surface area contributed by atoms with Crippen LogP contribution in [0.1, 0.15) is 35.8 Å². The van der Waals surface area contributed by atoms with Crippen molar-refractivity contribution in [1.29, 1.82) is 0 Å². The number of nitrogens with one attached hydrogen (secondary N) is 1. The lowest BCUT2D eigenvalue weighted by atomic mass is 9.99. The van der Waals surface area contributed by atoms with E-state index < -0.39 is 0 Å². The maximum Gasteiger partial charge on any atom is 0.317 e. The number of amides is 2. The molecule has 2 heterocycles. The third kappa shape index (κ3) is 6.06. The summed E-state index contributed by atoms with van der Waals surface area (Å²) >= 11 is 5.13. The van der Waals surface area contributed by atoms with Gasteiger partial charge in [-0.15, -0.1) is 11.3 Å². The summed E-state index contributed by atoms with van der Waals surface area (Å²) in [5, 5.41) is 3.07. The number of thiophene rings is 1. The fraction of sp³-hybridized carbons (Fsp3) is 0.476. The van der Waals surface area contributed by atoms with Crippen LogP contribution in [-0.2, 0) is 19.6 Å². The van der Waals surface area contributed by atoms with Crippen molar-refractivity contribution < 1.29 is 4.79 Å². The molecule has 0 aliphatic carbocycles. The Morgan fingerprint density at radius 3 is 2.78 bits per heavy atom. The van der Waals surface area contributed by atoms with Crippen LogP contribution < -0.4 is 5.32 Å². The molecule has 1 atom stereocenters. The molecular weight excluding hydrogens is 422 g/mol. The molecule has 1 saturated heterocycles. The van der Waals surface area contributed by atoms with Crippen molar-refractivity contribution in [1.82, 2.24) is 15.1 Å². The molecule has 1 fully saturated rings. The predicted molar refractivity (Wildman–Crippen MR) is 116 cm³/mol. The number of carbonyl (C=O) groups is 1. The van der Waals surface area contributed by atoms with Gasteiger partial charge >= 0.3 is 6.03 Å².